The SMILES string of the molecule is CCOc1cccc(C(O)Cc2ccc(C)c(C)c2)c1. The number of hydrogen-bond donors (Lipinski definition) is 1. The zero-order chi connectivity index (χ0) is 14.5. The maximum Gasteiger partial charge on any atom is 0.119 e. The van der Waals surface area contributed by atoms with E-state index in [9.17, 15) is 5.11 Å². The first kappa shape index (κ1) is 14.6. The molecule has 0 saturated heterocycles. The van der Waals surface area contributed by atoms with Crippen molar-refractivity contribution in [3.8, 4) is 5.75 Å². The lowest BCUT2D eigenvalue weighted by Gasteiger charge is -2.13. The van der Waals surface area contributed by atoms with E-state index in [0.717, 1.165) is 16.9 Å². The van der Waals surface area contributed by atoms with E-state index >= 15 is 0 Å². The predicted octanol–water partition coefficient (Wildman–Crippen LogP) is 3.98. The molecule has 0 saturated carbocycles. The first-order valence-corrected chi connectivity index (χ1v) is 7.07. The van der Waals surface area contributed by atoms with Gasteiger partial charge in [0.1, 0.15) is 5.75 Å². The summed E-state index contributed by atoms with van der Waals surface area (Å²) in [6.07, 6.45) is 0.119. The molecule has 0 heterocycles. The monoisotopic (exact) mass is 270 g/mol. The Bertz CT molecular complexity index is 575. The van der Waals surface area contributed by atoms with Crippen molar-refractivity contribution in [3.63, 3.8) is 0 Å². The van der Waals surface area contributed by atoms with Crippen molar-refractivity contribution in [1.82, 2.24) is 0 Å². The zero-order valence-corrected chi connectivity index (χ0v) is 12.4. The van der Waals surface area contributed by atoms with Gasteiger partial charge in [-0.25, -0.2) is 0 Å². The Kier molecular flexibility index (Phi) is 4.80. The summed E-state index contributed by atoms with van der Waals surface area (Å²) < 4.78 is 5.47. The number of ether oxygens (including phenoxy) is 1. The second kappa shape index (κ2) is 6.58. The molecule has 106 valence electrons. The Morgan fingerprint density at radius 2 is 1.85 bits per heavy atom. The van der Waals surface area contributed by atoms with Crippen molar-refractivity contribution < 1.29 is 9.84 Å². The van der Waals surface area contributed by atoms with Crippen molar-refractivity contribution in [3.05, 3.63) is 64.7 Å². The number of benzene rings is 2. The van der Waals surface area contributed by atoms with Crippen LogP contribution < -0.4 is 4.74 Å². The molecule has 2 rings (SSSR count). The first-order chi connectivity index (χ1) is 9.60. The quantitative estimate of drug-likeness (QED) is 0.890. The molecule has 1 unspecified atom stereocenters. The fourth-order valence-corrected chi connectivity index (χ4v) is 2.25. The van der Waals surface area contributed by atoms with Crippen LogP contribution in [0.4, 0.5) is 0 Å². The summed E-state index contributed by atoms with van der Waals surface area (Å²) in [5.41, 5.74) is 4.59. The fourth-order valence-electron chi connectivity index (χ4n) is 2.25. The fraction of sp³-hybridized carbons (Fsp3) is 0.333. The van der Waals surface area contributed by atoms with Gasteiger partial charge in [-0.1, -0.05) is 30.3 Å². The Morgan fingerprint density at radius 3 is 2.55 bits per heavy atom. The number of hydrogen-bond acceptors (Lipinski definition) is 2. The van der Waals surface area contributed by atoms with E-state index in [1.165, 1.54) is 11.1 Å². The molecule has 0 aliphatic rings. The highest BCUT2D eigenvalue weighted by molar-refractivity contribution is 5.33. The van der Waals surface area contributed by atoms with Crippen LogP contribution in [0.5, 0.6) is 5.75 Å². The van der Waals surface area contributed by atoms with Gasteiger partial charge in [0.05, 0.1) is 12.7 Å². The molecule has 0 aliphatic carbocycles. The second-order valence-corrected chi connectivity index (χ2v) is 5.14. The summed E-state index contributed by atoms with van der Waals surface area (Å²) in [5.74, 6) is 0.809. The molecule has 0 radical (unpaired) electrons. The molecule has 0 fully saturated rings. The van der Waals surface area contributed by atoms with Gasteiger partial charge in [0.2, 0.25) is 0 Å². The van der Waals surface area contributed by atoms with Gasteiger partial charge in [0.15, 0.2) is 0 Å². The molecule has 0 amide bonds. The average Bonchev–Trinajstić information content (AvgIpc) is 2.43. The molecule has 1 atom stereocenters. The molecule has 0 bridgehead atoms. The van der Waals surface area contributed by atoms with Crippen LogP contribution in [0.25, 0.3) is 0 Å². The van der Waals surface area contributed by atoms with Crippen LogP contribution in [0.1, 0.15) is 35.3 Å². The van der Waals surface area contributed by atoms with Crippen molar-refractivity contribution in [2.75, 3.05) is 6.61 Å². The van der Waals surface area contributed by atoms with Crippen molar-refractivity contribution >= 4 is 0 Å². The van der Waals surface area contributed by atoms with Gasteiger partial charge in [0, 0.05) is 6.42 Å². The van der Waals surface area contributed by atoms with Gasteiger partial charge in [-0.05, 0) is 55.2 Å². The van der Waals surface area contributed by atoms with Crippen LogP contribution in [0.3, 0.4) is 0 Å². The summed E-state index contributed by atoms with van der Waals surface area (Å²) in [5, 5.41) is 10.4. The maximum atomic E-state index is 10.4. The number of aliphatic hydroxyl groups is 1. The van der Waals surface area contributed by atoms with E-state index in [0.29, 0.717) is 13.0 Å². The third kappa shape index (κ3) is 3.61. The lowest BCUT2D eigenvalue weighted by Crippen LogP contribution is -2.03. The Hall–Kier alpha value is -1.80. The minimum atomic E-state index is -0.502. The van der Waals surface area contributed by atoms with Crippen LogP contribution in [0, 0.1) is 13.8 Å². The third-order valence-electron chi connectivity index (χ3n) is 3.55. The molecule has 2 aromatic carbocycles. The molecular weight excluding hydrogens is 248 g/mol. The van der Waals surface area contributed by atoms with Crippen LogP contribution in [0.2, 0.25) is 0 Å². The third-order valence-corrected chi connectivity index (χ3v) is 3.55. The minimum Gasteiger partial charge on any atom is -0.494 e. The predicted molar refractivity (Wildman–Crippen MR) is 82.2 cm³/mol. The highest BCUT2D eigenvalue weighted by Crippen LogP contribution is 2.23. The highest BCUT2D eigenvalue weighted by Gasteiger charge is 2.10. The van der Waals surface area contributed by atoms with E-state index in [1.807, 2.05) is 31.2 Å². The average molecular weight is 270 g/mol. The van der Waals surface area contributed by atoms with Gasteiger partial charge in [-0.3, -0.25) is 0 Å². The van der Waals surface area contributed by atoms with E-state index < -0.39 is 6.10 Å². The van der Waals surface area contributed by atoms with Gasteiger partial charge in [-0.15, -0.1) is 0 Å². The lowest BCUT2D eigenvalue weighted by atomic mass is 9.98. The largest absolute Gasteiger partial charge is 0.494 e. The normalized spacial score (nSPS) is 12.2. The van der Waals surface area contributed by atoms with Crippen LogP contribution in [0.15, 0.2) is 42.5 Å². The lowest BCUT2D eigenvalue weighted by molar-refractivity contribution is 0.178. The molecule has 2 nitrogen and oxygen atoms in total. The van der Waals surface area contributed by atoms with Gasteiger partial charge in [-0.2, -0.15) is 0 Å². The molecule has 0 spiro atoms. The second-order valence-electron chi connectivity index (χ2n) is 5.14. The first-order valence-electron chi connectivity index (χ1n) is 7.07. The van der Waals surface area contributed by atoms with Gasteiger partial charge in [0.25, 0.3) is 0 Å². The standard InChI is InChI=1S/C18H22O2/c1-4-20-17-7-5-6-16(12-17)18(19)11-15-9-8-13(2)14(3)10-15/h5-10,12,18-19H,4,11H2,1-3H3. The summed E-state index contributed by atoms with van der Waals surface area (Å²) in [7, 11) is 0. The molecule has 20 heavy (non-hydrogen) atoms. The number of rotatable bonds is 5. The van der Waals surface area contributed by atoms with E-state index in [1.54, 1.807) is 0 Å². The smallest absolute Gasteiger partial charge is 0.119 e. The summed E-state index contributed by atoms with van der Waals surface area (Å²) in [6, 6.07) is 14.0. The summed E-state index contributed by atoms with van der Waals surface area (Å²) in [6.45, 7) is 6.79. The molecule has 2 aromatic rings. The highest BCUT2D eigenvalue weighted by atomic mass is 16.5. The van der Waals surface area contributed by atoms with Crippen molar-refractivity contribution in [2.45, 2.75) is 33.3 Å². The van der Waals surface area contributed by atoms with E-state index in [2.05, 4.69) is 32.0 Å². The topological polar surface area (TPSA) is 29.5 Å². The zero-order valence-electron chi connectivity index (χ0n) is 12.4. The Balaban J connectivity index is 2.12. The van der Waals surface area contributed by atoms with Crippen LogP contribution >= 0.6 is 0 Å². The number of aliphatic hydroxyl groups excluding tert-OH is 1. The molecule has 2 heteroatoms. The molecular formula is C18H22O2. The van der Waals surface area contributed by atoms with Crippen LogP contribution in [-0.4, -0.2) is 11.7 Å². The Morgan fingerprint density at radius 1 is 1.05 bits per heavy atom. The Labute approximate surface area is 121 Å². The molecule has 1 N–H and O–H groups in total. The van der Waals surface area contributed by atoms with Gasteiger partial charge < -0.3 is 9.84 Å². The number of aryl methyl sites for hydroxylation is 2. The van der Waals surface area contributed by atoms with Gasteiger partial charge >= 0.3 is 0 Å². The van der Waals surface area contributed by atoms with Crippen molar-refractivity contribution in [2.24, 2.45) is 0 Å². The minimum absolute atomic E-state index is 0.502. The summed E-state index contributed by atoms with van der Waals surface area (Å²) >= 11 is 0. The van der Waals surface area contributed by atoms with Crippen LogP contribution in [-0.2, 0) is 6.42 Å². The van der Waals surface area contributed by atoms with Crippen molar-refractivity contribution in [1.29, 1.82) is 0 Å². The molecule has 0 aromatic heterocycles. The van der Waals surface area contributed by atoms with E-state index in [4.69, 9.17) is 4.74 Å². The summed E-state index contributed by atoms with van der Waals surface area (Å²) in [4.78, 5) is 0. The molecule has 0 aliphatic heterocycles. The maximum absolute atomic E-state index is 10.4. The van der Waals surface area contributed by atoms with E-state index in [-0.39, 0.29) is 0 Å².